The molecule has 9 heteroatoms. The molecule has 0 saturated carbocycles. The van der Waals surface area contributed by atoms with E-state index in [1.165, 1.54) is 0 Å². The van der Waals surface area contributed by atoms with Crippen LogP contribution in [0.15, 0.2) is 72.8 Å². The smallest absolute Gasteiger partial charge is 0.184 e. The van der Waals surface area contributed by atoms with E-state index in [1.54, 1.807) is 21.3 Å². The Morgan fingerprint density at radius 2 is 0.760 bits per heavy atom. The predicted molar refractivity (Wildman–Crippen MR) is 189 cm³/mol. The van der Waals surface area contributed by atoms with E-state index < -0.39 is 24.3 Å². The van der Waals surface area contributed by atoms with Gasteiger partial charge in [-0.05, 0) is 36.4 Å². The van der Waals surface area contributed by atoms with Crippen molar-refractivity contribution in [2.45, 2.75) is 97.7 Å². The van der Waals surface area contributed by atoms with Gasteiger partial charge in [0.1, 0.15) is 17.2 Å². The molecule has 3 aliphatic rings. The highest BCUT2D eigenvalue weighted by molar-refractivity contribution is 5.30. The number of hydrogen-bond acceptors (Lipinski definition) is 9. The van der Waals surface area contributed by atoms with Gasteiger partial charge in [-0.25, -0.2) is 0 Å². The fraction of sp³-hybridized carbons (Fsp3) is 0.561. The van der Waals surface area contributed by atoms with Crippen molar-refractivity contribution in [1.82, 2.24) is 0 Å². The molecule has 7 atom stereocenters. The maximum absolute atomic E-state index is 6.93. The van der Waals surface area contributed by atoms with Crippen molar-refractivity contribution in [3.8, 4) is 17.2 Å². The summed E-state index contributed by atoms with van der Waals surface area (Å²) in [6, 6.07) is 23.6. The van der Waals surface area contributed by atoms with E-state index >= 15 is 0 Å². The van der Waals surface area contributed by atoms with Crippen LogP contribution in [0.3, 0.4) is 0 Å². The largest absolute Gasteiger partial charge is 0.497 e. The highest BCUT2D eigenvalue weighted by Crippen LogP contribution is 2.50. The van der Waals surface area contributed by atoms with Crippen molar-refractivity contribution in [2.75, 3.05) is 34.5 Å². The van der Waals surface area contributed by atoms with Crippen LogP contribution in [-0.2, 0) is 28.4 Å². The lowest BCUT2D eigenvalue weighted by Gasteiger charge is -2.53. The predicted octanol–water partition coefficient (Wildman–Crippen LogP) is 8.58. The molecule has 0 spiro atoms. The summed E-state index contributed by atoms with van der Waals surface area (Å²) in [5, 5.41) is 0. The second kappa shape index (κ2) is 14.8. The molecule has 0 radical (unpaired) electrons. The molecule has 0 bridgehead atoms. The Hall–Kier alpha value is -3.18. The standard InChI is InChI=1S/C41H54O9/c1-39(2)24-45-36(26-10-16-29(42-7)17-11-26)47-32(39)22-34-41(5,6)35(50-38(49-34)28-14-20-31(44-9)21-15-28)23-33-40(3,4)25-46-37(48-33)27-12-18-30(43-8)19-13-27/h10-21,32-38H,22-25H2,1-9H3/t32-,33+,34-,35+,36+,37-,38?. The lowest BCUT2D eigenvalue weighted by atomic mass is 9.71. The zero-order valence-corrected chi connectivity index (χ0v) is 31.0. The average Bonchev–Trinajstić information content (AvgIpc) is 3.11. The minimum Gasteiger partial charge on any atom is -0.497 e. The van der Waals surface area contributed by atoms with Gasteiger partial charge >= 0.3 is 0 Å². The van der Waals surface area contributed by atoms with Crippen LogP contribution >= 0.6 is 0 Å². The summed E-state index contributed by atoms with van der Waals surface area (Å²) in [5.41, 5.74) is 1.95. The SMILES string of the molecule is COc1ccc(C2O[C@@H](C[C@@H]3O[C@H](c4ccc(OC)cc4)OCC3(C)C)C(C)(C)[C@@H](C[C@H]3O[C@@H](c4ccc(OC)cc4)OCC3(C)C)O2)cc1. The lowest BCUT2D eigenvalue weighted by molar-refractivity contribution is -0.331. The molecule has 0 N–H and O–H groups in total. The maximum atomic E-state index is 6.93. The van der Waals surface area contributed by atoms with Gasteiger partial charge in [0.15, 0.2) is 18.9 Å². The lowest BCUT2D eigenvalue weighted by Crippen LogP contribution is -2.55. The van der Waals surface area contributed by atoms with E-state index in [0.29, 0.717) is 26.1 Å². The van der Waals surface area contributed by atoms with Crippen LogP contribution in [0.1, 0.15) is 89.9 Å². The molecule has 3 aliphatic heterocycles. The van der Waals surface area contributed by atoms with Gasteiger partial charge < -0.3 is 42.6 Å². The van der Waals surface area contributed by atoms with Crippen LogP contribution in [0.2, 0.25) is 0 Å². The zero-order chi connectivity index (χ0) is 35.7. The molecular weight excluding hydrogens is 636 g/mol. The second-order valence-corrected chi connectivity index (χ2v) is 15.7. The minimum atomic E-state index is -0.579. The highest BCUT2D eigenvalue weighted by Gasteiger charge is 2.52. The zero-order valence-electron chi connectivity index (χ0n) is 31.0. The molecule has 3 aromatic carbocycles. The van der Waals surface area contributed by atoms with Crippen molar-refractivity contribution in [3.63, 3.8) is 0 Å². The van der Waals surface area contributed by atoms with Gasteiger partial charge in [0, 0.05) is 45.8 Å². The maximum Gasteiger partial charge on any atom is 0.184 e. The van der Waals surface area contributed by atoms with Crippen molar-refractivity contribution < 1.29 is 42.6 Å². The highest BCUT2D eigenvalue weighted by atomic mass is 16.7. The number of benzene rings is 3. The van der Waals surface area contributed by atoms with Crippen LogP contribution in [0.5, 0.6) is 17.2 Å². The van der Waals surface area contributed by atoms with Crippen molar-refractivity contribution in [3.05, 3.63) is 89.5 Å². The molecule has 3 aromatic rings. The molecule has 3 heterocycles. The molecule has 0 aliphatic carbocycles. The first-order chi connectivity index (χ1) is 23.8. The van der Waals surface area contributed by atoms with Gasteiger partial charge in [-0.3, -0.25) is 0 Å². The molecule has 272 valence electrons. The van der Waals surface area contributed by atoms with Crippen molar-refractivity contribution in [1.29, 1.82) is 0 Å². The third-order valence-electron chi connectivity index (χ3n) is 10.8. The average molecular weight is 691 g/mol. The Morgan fingerprint density at radius 3 is 1.08 bits per heavy atom. The normalized spacial score (nSPS) is 30.3. The van der Waals surface area contributed by atoms with Gasteiger partial charge in [0.05, 0.1) is 59.0 Å². The first kappa shape index (κ1) is 36.6. The molecule has 0 aromatic heterocycles. The Morgan fingerprint density at radius 1 is 0.460 bits per heavy atom. The third-order valence-corrected chi connectivity index (χ3v) is 10.8. The summed E-state index contributed by atoms with van der Waals surface area (Å²) in [4.78, 5) is 0. The second-order valence-electron chi connectivity index (χ2n) is 15.7. The Labute approximate surface area is 297 Å². The van der Waals surface area contributed by atoms with E-state index in [9.17, 15) is 0 Å². The van der Waals surface area contributed by atoms with Crippen molar-refractivity contribution >= 4 is 0 Å². The minimum absolute atomic E-state index is 0.141. The van der Waals surface area contributed by atoms with Crippen LogP contribution in [0.25, 0.3) is 0 Å². The molecule has 0 amide bonds. The van der Waals surface area contributed by atoms with Crippen LogP contribution in [-0.4, -0.2) is 59.0 Å². The Kier molecular flexibility index (Phi) is 10.8. The van der Waals surface area contributed by atoms with Gasteiger partial charge in [0.25, 0.3) is 0 Å². The van der Waals surface area contributed by atoms with Gasteiger partial charge in [-0.1, -0.05) is 77.9 Å². The molecule has 9 nitrogen and oxygen atoms in total. The van der Waals surface area contributed by atoms with Gasteiger partial charge in [-0.2, -0.15) is 0 Å². The molecule has 1 unspecified atom stereocenters. The van der Waals surface area contributed by atoms with Gasteiger partial charge in [-0.15, -0.1) is 0 Å². The summed E-state index contributed by atoms with van der Waals surface area (Å²) >= 11 is 0. The first-order valence-corrected chi connectivity index (χ1v) is 17.6. The van der Waals surface area contributed by atoms with E-state index in [2.05, 4.69) is 41.5 Å². The summed E-state index contributed by atoms with van der Waals surface area (Å²) in [5.74, 6) is 2.37. The van der Waals surface area contributed by atoms with Crippen LogP contribution in [0.4, 0.5) is 0 Å². The van der Waals surface area contributed by atoms with E-state index in [-0.39, 0.29) is 35.2 Å². The number of methoxy groups -OCH3 is 3. The number of ether oxygens (including phenoxy) is 9. The van der Waals surface area contributed by atoms with Gasteiger partial charge in [0.2, 0.25) is 0 Å². The topological polar surface area (TPSA) is 83.1 Å². The fourth-order valence-corrected chi connectivity index (χ4v) is 7.05. The third kappa shape index (κ3) is 7.83. The Bertz CT molecular complexity index is 1440. The molecule has 6 rings (SSSR count). The number of hydrogen-bond donors (Lipinski definition) is 0. The van der Waals surface area contributed by atoms with Crippen LogP contribution in [0, 0.1) is 16.2 Å². The summed E-state index contributed by atoms with van der Waals surface area (Å²) in [6.07, 6.45) is -0.909. The summed E-state index contributed by atoms with van der Waals surface area (Å²) < 4.78 is 56.1. The van der Waals surface area contributed by atoms with Crippen LogP contribution < -0.4 is 14.2 Å². The first-order valence-electron chi connectivity index (χ1n) is 17.6. The van der Waals surface area contributed by atoms with E-state index in [1.807, 2.05) is 72.8 Å². The fourth-order valence-electron chi connectivity index (χ4n) is 7.05. The van der Waals surface area contributed by atoms with Crippen molar-refractivity contribution in [2.24, 2.45) is 16.2 Å². The molecular formula is C41H54O9. The van der Waals surface area contributed by atoms with E-state index in [4.69, 9.17) is 42.6 Å². The monoisotopic (exact) mass is 690 g/mol. The number of rotatable bonds is 10. The summed E-state index contributed by atoms with van der Waals surface area (Å²) in [7, 11) is 5.00. The Balaban J connectivity index is 1.27. The van der Waals surface area contributed by atoms with E-state index in [0.717, 1.165) is 33.9 Å². The molecule has 3 fully saturated rings. The molecule has 3 saturated heterocycles. The summed E-state index contributed by atoms with van der Waals surface area (Å²) in [6.45, 7) is 14.4. The molecule has 50 heavy (non-hydrogen) atoms. The quantitative estimate of drug-likeness (QED) is 0.208.